The number of rotatable bonds is 3. The van der Waals surface area contributed by atoms with Crippen LogP contribution in [0.25, 0.3) is 10.9 Å². The summed E-state index contributed by atoms with van der Waals surface area (Å²) < 4.78 is 6.27. The smallest absolute Gasteiger partial charge is 0.270 e. The van der Waals surface area contributed by atoms with E-state index in [4.69, 9.17) is 4.74 Å². The fraction of sp³-hybridized carbons (Fsp3) is 0.571. The number of aromatic amines is 1. The third-order valence-corrected chi connectivity index (χ3v) is 6.35. The predicted octanol–water partition coefficient (Wildman–Crippen LogP) is 2.88. The van der Waals surface area contributed by atoms with Crippen LogP contribution in [0.1, 0.15) is 36.2 Å². The molecule has 1 aromatic carbocycles. The van der Waals surface area contributed by atoms with Gasteiger partial charge in [-0.05, 0) is 56.8 Å². The minimum atomic E-state index is -0.0802. The van der Waals surface area contributed by atoms with Crippen LogP contribution in [0.4, 0.5) is 0 Å². The molecule has 5 rings (SSSR count). The van der Waals surface area contributed by atoms with Crippen molar-refractivity contribution in [3.8, 4) is 0 Å². The Bertz CT molecular complexity index is 759. The van der Waals surface area contributed by atoms with Crippen molar-refractivity contribution in [3.63, 3.8) is 0 Å². The van der Waals surface area contributed by atoms with Gasteiger partial charge in [-0.3, -0.25) is 4.79 Å². The minimum absolute atomic E-state index is 0.0802. The summed E-state index contributed by atoms with van der Waals surface area (Å²) in [5.74, 6) is 0.756. The molecule has 1 amide bonds. The maximum atomic E-state index is 12.7. The number of amides is 1. The standard InChI is InChI=1S/C21H27N3O2/c25-20(19-11-17-5-1-2-6-18(17)22-19)24-14-21(15-24)8-7-16(13-26-21)12-23-9-3-4-10-23/h1-2,5-6,11,16,22H,3-4,7-10,12-15H2. The number of likely N-dealkylation sites (tertiary alicyclic amines) is 2. The van der Waals surface area contributed by atoms with Crippen molar-refractivity contribution in [2.24, 2.45) is 5.92 Å². The molecule has 1 atom stereocenters. The summed E-state index contributed by atoms with van der Waals surface area (Å²) in [5.41, 5.74) is 1.62. The van der Waals surface area contributed by atoms with E-state index in [1.165, 1.54) is 38.9 Å². The third kappa shape index (κ3) is 2.93. The van der Waals surface area contributed by atoms with Crippen molar-refractivity contribution in [1.29, 1.82) is 0 Å². The molecule has 4 heterocycles. The SMILES string of the molecule is O=C(c1cc2ccccc2[nH]1)N1CC2(CCC(CN3CCCC3)CO2)C1. The maximum Gasteiger partial charge on any atom is 0.270 e. The number of hydrogen-bond acceptors (Lipinski definition) is 3. The fourth-order valence-corrected chi connectivity index (χ4v) is 4.79. The summed E-state index contributed by atoms with van der Waals surface area (Å²) in [5, 5.41) is 1.09. The van der Waals surface area contributed by atoms with Crippen LogP contribution >= 0.6 is 0 Å². The number of H-pyrrole nitrogens is 1. The molecule has 3 saturated heterocycles. The monoisotopic (exact) mass is 353 g/mol. The zero-order chi connectivity index (χ0) is 17.6. The molecule has 2 aromatic rings. The fourth-order valence-electron chi connectivity index (χ4n) is 4.79. The molecule has 1 N–H and O–H groups in total. The Morgan fingerprint density at radius 2 is 2.04 bits per heavy atom. The van der Waals surface area contributed by atoms with E-state index in [1.54, 1.807) is 0 Å². The number of nitrogens with zero attached hydrogens (tertiary/aromatic N) is 2. The van der Waals surface area contributed by atoms with Gasteiger partial charge in [-0.15, -0.1) is 0 Å². The highest BCUT2D eigenvalue weighted by atomic mass is 16.5. The third-order valence-electron chi connectivity index (χ3n) is 6.35. The Hall–Kier alpha value is -1.85. The second kappa shape index (κ2) is 6.39. The topological polar surface area (TPSA) is 48.6 Å². The molecule has 5 heteroatoms. The normalized spacial score (nSPS) is 25.7. The lowest BCUT2D eigenvalue weighted by atomic mass is 9.82. The highest BCUT2D eigenvalue weighted by molar-refractivity contribution is 5.98. The zero-order valence-electron chi connectivity index (χ0n) is 15.2. The number of hydrogen-bond donors (Lipinski definition) is 1. The average molecular weight is 353 g/mol. The van der Waals surface area contributed by atoms with Crippen LogP contribution in [-0.2, 0) is 4.74 Å². The molecule has 3 aliphatic heterocycles. The molecule has 3 aliphatic rings. The van der Waals surface area contributed by atoms with Gasteiger partial charge in [-0.25, -0.2) is 0 Å². The minimum Gasteiger partial charge on any atom is -0.371 e. The quantitative estimate of drug-likeness (QED) is 0.923. The first kappa shape index (κ1) is 16.3. The van der Waals surface area contributed by atoms with E-state index in [0.717, 1.165) is 37.0 Å². The van der Waals surface area contributed by atoms with Crippen LogP contribution in [0.3, 0.4) is 0 Å². The number of aromatic nitrogens is 1. The van der Waals surface area contributed by atoms with Gasteiger partial charge in [0.15, 0.2) is 0 Å². The second-order valence-corrected chi connectivity index (χ2v) is 8.34. The van der Waals surface area contributed by atoms with Gasteiger partial charge in [-0.2, -0.15) is 0 Å². The molecule has 0 radical (unpaired) electrons. The Balaban J connectivity index is 1.16. The molecule has 26 heavy (non-hydrogen) atoms. The summed E-state index contributed by atoms with van der Waals surface area (Å²) in [7, 11) is 0. The first-order valence-electron chi connectivity index (χ1n) is 9.94. The largest absolute Gasteiger partial charge is 0.371 e. The van der Waals surface area contributed by atoms with Gasteiger partial charge >= 0.3 is 0 Å². The molecule has 1 spiro atoms. The summed E-state index contributed by atoms with van der Waals surface area (Å²) in [6.45, 7) is 6.02. The van der Waals surface area contributed by atoms with Crippen molar-refractivity contribution in [2.75, 3.05) is 39.3 Å². The van der Waals surface area contributed by atoms with Gasteiger partial charge < -0.3 is 19.5 Å². The molecule has 5 nitrogen and oxygen atoms in total. The molecule has 138 valence electrons. The second-order valence-electron chi connectivity index (χ2n) is 8.34. The summed E-state index contributed by atoms with van der Waals surface area (Å²) in [6, 6.07) is 9.98. The van der Waals surface area contributed by atoms with Crippen LogP contribution in [0.15, 0.2) is 30.3 Å². The number of para-hydroxylation sites is 1. The summed E-state index contributed by atoms with van der Waals surface area (Å²) in [6.07, 6.45) is 5.01. The lowest BCUT2D eigenvalue weighted by molar-refractivity contribution is -0.168. The van der Waals surface area contributed by atoms with Crippen LogP contribution in [0.5, 0.6) is 0 Å². The Morgan fingerprint density at radius 3 is 2.77 bits per heavy atom. The van der Waals surface area contributed by atoms with Gasteiger partial charge in [0.25, 0.3) is 5.91 Å². The lowest BCUT2D eigenvalue weighted by Gasteiger charge is -2.52. The predicted molar refractivity (Wildman–Crippen MR) is 101 cm³/mol. The number of nitrogens with one attached hydrogen (secondary N) is 1. The van der Waals surface area contributed by atoms with Crippen LogP contribution in [-0.4, -0.2) is 65.6 Å². The van der Waals surface area contributed by atoms with E-state index in [-0.39, 0.29) is 11.5 Å². The number of benzene rings is 1. The highest BCUT2D eigenvalue weighted by Crippen LogP contribution is 2.37. The van der Waals surface area contributed by atoms with E-state index in [1.807, 2.05) is 35.2 Å². The molecule has 3 fully saturated rings. The molecule has 0 aliphatic carbocycles. The number of carbonyl (C=O) groups excluding carboxylic acids is 1. The number of carbonyl (C=O) groups is 1. The molecule has 0 bridgehead atoms. The van der Waals surface area contributed by atoms with Crippen molar-refractivity contribution in [1.82, 2.24) is 14.8 Å². The van der Waals surface area contributed by atoms with Gasteiger partial charge in [0.1, 0.15) is 11.3 Å². The van der Waals surface area contributed by atoms with E-state index < -0.39 is 0 Å². The van der Waals surface area contributed by atoms with Crippen LogP contribution in [0, 0.1) is 5.92 Å². The Kier molecular flexibility index (Phi) is 4.02. The van der Waals surface area contributed by atoms with Crippen molar-refractivity contribution in [3.05, 3.63) is 36.0 Å². The van der Waals surface area contributed by atoms with Gasteiger partial charge in [0, 0.05) is 17.4 Å². The van der Waals surface area contributed by atoms with Crippen LogP contribution in [0.2, 0.25) is 0 Å². The number of ether oxygens (including phenoxy) is 1. The highest BCUT2D eigenvalue weighted by Gasteiger charge is 2.48. The summed E-state index contributed by atoms with van der Waals surface area (Å²) >= 11 is 0. The average Bonchev–Trinajstić information content (AvgIpc) is 3.29. The first-order chi connectivity index (χ1) is 12.7. The van der Waals surface area contributed by atoms with Gasteiger partial charge in [0.2, 0.25) is 0 Å². The number of fused-ring (bicyclic) bond motifs is 1. The maximum absolute atomic E-state index is 12.7. The van der Waals surface area contributed by atoms with Gasteiger partial charge in [-0.1, -0.05) is 18.2 Å². The molecular weight excluding hydrogens is 326 g/mol. The molecule has 0 saturated carbocycles. The van der Waals surface area contributed by atoms with Gasteiger partial charge in [0.05, 0.1) is 19.7 Å². The van der Waals surface area contributed by atoms with Crippen LogP contribution < -0.4 is 0 Å². The lowest BCUT2D eigenvalue weighted by Crippen LogP contribution is -2.66. The zero-order valence-corrected chi connectivity index (χ0v) is 15.2. The Morgan fingerprint density at radius 1 is 1.23 bits per heavy atom. The van der Waals surface area contributed by atoms with Crippen molar-refractivity contribution < 1.29 is 9.53 Å². The first-order valence-corrected chi connectivity index (χ1v) is 9.94. The molecule has 1 unspecified atom stereocenters. The van der Waals surface area contributed by atoms with Crippen molar-refractivity contribution in [2.45, 2.75) is 31.3 Å². The summed E-state index contributed by atoms with van der Waals surface area (Å²) in [4.78, 5) is 20.5. The molecule has 1 aromatic heterocycles. The van der Waals surface area contributed by atoms with E-state index in [9.17, 15) is 4.79 Å². The van der Waals surface area contributed by atoms with E-state index >= 15 is 0 Å². The van der Waals surface area contributed by atoms with Crippen molar-refractivity contribution >= 4 is 16.8 Å². The van der Waals surface area contributed by atoms with E-state index in [0.29, 0.717) is 11.6 Å². The Labute approximate surface area is 154 Å². The molecular formula is C21H27N3O2. The van der Waals surface area contributed by atoms with E-state index in [2.05, 4.69) is 9.88 Å².